The van der Waals surface area contributed by atoms with Crippen LogP contribution >= 0.6 is 0 Å². The quantitative estimate of drug-likeness (QED) is 0.759. The molecule has 17 heavy (non-hydrogen) atoms. The van der Waals surface area contributed by atoms with Crippen LogP contribution in [0.4, 0.5) is 0 Å². The smallest absolute Gasteiger partial charge is 0.325 e. The zero-order valence-electron chi connectivity index (χ0n) is 9.71. The fraction of sp³-hybridized carbons (Fsp3) is 0.800. The first-order valence-corrected chi connectivity index (χ1v) is 7.02. The fourth-order valence-corrected chi connectivity index (χ4v) is 4.52. The van der Waals surface area contributed by atoms with Gasteiger partial charge in [-0.1, -0.05) is 13.8 Å². The van der Waals surface area contributed by atoms with Crippen molar-refractivity contribution < 1.29 is 28.2 Å². The van der Waals surface area contributed by atoms with Gasteiger partial charge >= 0.3 is 11.9 Å². The first-order valence-electron chi connectivity index (χ1n) is 5.37. The third kappa shape index (κ3) is 1.92. The summed E-state index contributed by atoms with van der Waals surface area (Å²) >= 11 is 0. The van der Waals surface area contributed by atoms with Gasteiger partial charge in [0.05, 0.1) is 5.92 Å². The van der Waals surface area contributed by atoms with Crippen LogP contribution in [0.25, 0.3) is 0 Å². The van der Waals surface area contributed by atoms with E-state index in [-0.39, 0.29) is 18.6 Å². The van der Waals surface area contributed by atoms with Crippen molar-refractivity contribution in [2.45, 2.75) is 31.4 Å². The molecule has 0 aromatic heterocycles. The number of rotatable bonds is 4. The van der Waals surface area contributed by atoms with E-state index in [2.05, 4.69) is 0 Å². The zero-order chi connectivity index (χ0) is 13.4. The molecule has 1 fully saturated rings. The summed E-state index contributed by atoms with van der Waals surface area (Å²) in [6, 6.07) is 0. The Kier molecular flexibility index (Phi) is 3.52. The number of carboxylic acids is 2. The van der Waals surface area contributed by atoms with E-state index < -0.39 is 38.4 Å². The fourth-order valence-electron chi connectivity index (χ4n) is 2.58. The molecule has 98 valence electrons. The summed E-state index contributed by atoms with van der Waals surface area (Å²) in [5.74, 6) is -4.45. The van der Waals surface area contributed by atoms with E-state index in [4.69, 9.17) is 5.11 Å². The van der Waals surface area contributed by atoms with Gasteiger partial charge in [0.2, 0.25) is 0 Å². The zero-order valence-corrected chi connectivity index (χ0v) is 10.5. The second kappa shape index (κ2) is 4.29. The van der Waals surface area contributed by atoms with Gasteiger partial charge in [0.1, 0.15) is 0 Å². The van der Waals surface area contributed by atoms with Gasteiger partial charge in [0.15, 0.2) is 14.6 Å². The first-order chi connectivity index (χ1) is 7.69. The van der Waals surface area contributed by atoms with Gasteiger partial charge in [-0.2, -0.15) is 0 Å². The van der Waals surface area contributed by atoms with Crippen LogP contribution in [0.1, 0.15) is 26.7 Å². The summed E-state index contributed by atoms with van der Waals surface area (Å²) in [4.78, 5) is 22.2. The monoisotopic (exact) mass is 264 g/mol. The third-order valence-corrected chi connectivity index (χ3v) is 6.24. The summed E-state index contributed by atoms with van der Waals surface area (Å²) in [5.41, 5.74) is 0. The van der Waals surface area contributed by atoms with Crippen LogP contribution in [-0.4, -0.2) is 41.1 Å². The molecule has 0 spiro atoms. The van der Waals surface area contributed by atoms with Crippen LogP contribution in [0.2, 0.25) is 0 Å². The Hall–Kier alpha value is -1.11. The molecule has 1 aliphatic rings. The molecule has 2 N–H and O–H groups in total. The van der Waals surface area contributed by atoms with Gasteiger partial charge in [0.25, 0.3) is 0 Å². The Morgan fingerprint density at radius 2 is 1.88 bits per heavy atom. The highest BCUT2D eigenvalue weighted by Crippen LogP contribution is 2.45. The molecule has 7 heteroatoms. The normalized spacial score (nSPS) is 33.5. The molecule has 3 atom stereocenters. The molecule has 1 aliphatic carbocycles. The lowest BCUT2D eigenvalue weighted by atomic mass is 9.97. The van der Waals surface area contributed by atoms with Crippen molar-refractivity contribution in [1.29, 1.82) is 0 Å². The second-order valence-corrected chi connectivity index (χ2v) is 7.01. The SMILES string of the molecule is CCS(=O)(=O)[C@]1(C(=O)O)C[C@H](C(=O)O)C[C@@H]1C. The third-order valence-electron chi connectivity index (χ3n) is 3.63. The number of hydrogen-bond acceptors (Lipinski definition) is 4. The molecule has 1 saturated carbocycles. The van der Waals surface area contributed by atoms with Gasteiger partial charge < -0.3 is 10.2 Å². The molecule has 0 saturated heterocycles. The van der Waals surface area contributed by atoms with Crippen molar-refractivity contribution >= 4 is 21.8 Å². The Balaban J connectivity index is 3.29. The average Bonchev–Trinajstić information content (AvgIpc) is 2.57. The Bertz CT molecular complexity index is 440. The van der Waals surface area contributed by atoms with Crippen LogP contribution in [0.3, 0.4) is 0 Å². The minimum Gasteiger partial charge on any atom is -0.481 e. The van der Waals surface area contributed by atoms with Crippen LogP contribution in [0.15, 0.2) is 0 Å². The van der Waals surface area contributed by atoms with Crippen molar-refractivity contribution in [2.75, 3.05) is 5.75 Å². The summed E-state index contributed by atoms with van der Waals surface area (Å²) in [5, 5.41) is 18.1. The molecule has 0 radical (unpaired) electrons. The maximum Gasteiger partial charge on any atom is 0.325 e. The predicted octanol–water partition coefficient (Wildman–Crippen LogP) is 0.375. The van der Waals surface area contributed by atoms with Crippen LogP contribution < -0.4 is 0 Å². The lowest BCUT2D eigenvalue weighted by molar-refractivity contribution is -0.142. The summed E-state index contributed by atoms with van der Waals surface area (Å²) in [6.07, 6.45) is -0.254. The van der Waals surface area contributed by atoms with E-state index in [1.54, 1.807) is 0 Å². The van der Waals surface area contributed by atoms with Crippen LogP contribution in [0, 0.1) is 11.8 Å². The van der Waals surface area contributed by atoms with E-state index in [9.17, 15) is 23.1 Å². The van der Waals surface area contributed by atoms with Gasteiger partial charge in [-0.15, -0.1) is 0 Å². The molecule has 0 heterocycles. The lowest BCUT2D eigenvalue weighted by Gasteiger charge is -2.28. The molecule has 0 unspecified atom stereocenters. The Morgan fingerprint density at radius 1 is 1.35 bits per heavy atom. The van der Waals surface area contributed by atoms with Crippen molar-refractivity contribution in [1.82, 2.24) is 0 Å². The molecular weight excluding hydrogens is 248 g/mol. The maximum atomic E-state index is 12.0. The molecule has 1 rings (SSSR count). The average molecular weight is 264 g/mol. The van der Waals surface area contributed by atoms with Crippen LogP contribution in [0.5, 0.6) is 0 Å². The number of aliphatic carboxylic acids is 2. The Labute approximate surface area is 99.6 Å². The van der Waals surface area contributed by atoms with E-state index in [0.717, 1.165) is 0 Å². The lowest BCUT2D eigenvalue weighted by Crippen LogP contribution is -2.49. The van der Waals surface area contributed by atoms with Crippen molar-refractivity contribution in [2.24, 2.45) is 11.8 Å². The van der Waals surface area contributed by atoms with Gasteiger partial charge in [0, 0.05) is 5.75 Å². The van der Waals surface area contributed by atoms with E-state index >= 15 is 0 Å². The van der Waals surface area contributed by atoms with Crippen molar-refractivity contribution in [3.63, 3.8) is 0 Å². The molecule has 0 bridgehead atoms. The summed E-state index contributed by atoms with van der Waals surface area (Å²) in [6.45, 7) is 2.87. The van der Waals surface area contributed by atoms with E-state index in [1.807, 2.05) is 0 Å². The summed E-state index contributed by atoms with van der Waals surface area (Å²) < 4.78 is 22.0. The van der Waals surface area contributed by atoms with Gasteiger partial charge in [-0.3, -0.25) is 9.59 Å². The van der Waals surface area contributed by atoms with Crippen molar-refractivity contribution in [3.8, 4) is 0 Å². The maximum absolute atomic E-state index is 12.0. The molecule has 0 amide bonds. The highest BCUT2D eigenvalue weighted by molar-refractivity contribution is 7.93. The summed E-state index contributed by atoms with van der Waals surface area (Å²) in [7, 11) is -3.84. The predicted molar refractivity (Wildman–Crippen MR) is 59.4 cm³/mol. The Morgan fingerprint density at radius 3 is 2.18 bits per heavy atom. The van der Waals surface area contributed by atoms with Gasteiger partial charge in [-0.05, 0) is 18.8 Å². The minimum absolute atomic E-state index is 0.0842. The number of carbonyl (C=O) groups is 2. The molecular formula is C10H16O6S. The van der Waals surface area contributed by atoms with E-state index in [0.29, 0.717) is 0 Å². The largest absolute Gasteiger partial charge is 0.481 e. The molecule has 0 aromatic rings. The van der Waals surface area contributed by atoms with E-state index in [1.165, 1.54) is 13.8 Å². The van der Waals surface area contributed by atoms with Crippen LogP contribution in [-0.2, 0) is 19.4 Å². The molecule has 0 aliphatic heterocycles. The molecule has 6 nitrogen and oxygen atoms in total. The standard InChI is InChI=1S/C10H16O6S/c1-3-17(15,16)10(9(13)14)5-7(8(11)12)4-6(10)2/h6-7H,3-5H2,1-2H3,(H,11,12)(H,13,14)/t6-,7+,10+/m0/s1. The number of sulfone groups is 1. The highest BCUT2D eigenvalue weighted by Gasteiger charge is 2.60. The molecule has 0 aromatic carbocycles. The first kappa shape index (κ1) is 14.0. The second-order valence-electron chi connectivity index (χ2n) is 4.47. The topological polar surface area (TPSA) is 109 Å². The van der Waals surface area contributed by atoms with Gasteiger partial charge in [-0.25, -0.2) is 8.42 Å². The number of hydrogen-bond donors (Lipinski definition) is 2. The highest BCUT2D eigenvalue weighted by atomic mass is 32.2. The minimum atomic E-state index is -3.84. The number of carboxylic acid groups (broad SMARTS) is 2. The van der Waals surface area contributed by atoms with Crippen molar-refractivity contribution in [3.05, 3.63) is 0 Å².